The Morgan fingerprint density at radius 1 is 1.35 bits per heavy atom. The Morgan fingerprint density at radius 3 is 2.82 bits per heavy atom. The summed E-state index contributed by atoms with van der Waals surface area (Å²) in [6.07, 6.45) is -0.264. The van der Waals surface area contributed by atoms with Crippen molar-refractivity contribution in [1.29, 1.82) is 0 Å². The van der Waals surface area contributed by atoms with E-state index in [1.165, 1.54) is 0 Å². The van der Waals surface area contributed by atoms with Gasteiger partial charge in [0.15, 0.2) is 6.10 Å². The van der Waals surface area contributed by atoms with Crippen LogP contribution in [0.3, 0.4) is 0 Å². The molecule has 0 radical (unpaired) electrons. The van der Waals surface area contributed by atoms with Crippen LogP contribution in [0.2, 0.25) is 0 Å². The van der Waals surface area contributed by atoms with Crippen LogP contribution in [0.1, 0.15) is 5.56 Å². The van der Waals surface area contributed by atoms with Crippen molar-refractivity contribution in [1.82, 2.24) is 0 Å². The van der Waals surface area contributed by atoms with Gasteiger partial charge in [0.1, 0.15) is 24.0 Å². The summed E-state index contributed by atoms with van der Waals surface area (Å²) in [7, 11) is 1.61. The minimum atomic E-state index is -0.386. The second-order valence-corrected chi connectivity index (χ2v) is 3.96. The van der Waals surface area contributed by atoms with Crippen molar-refractivity contribution in [2.75, 3.05) is 13.7 Å². The van der Waals surface area contributed by atoms with Gasteiger partial charge in [-0.3, -0.25) is 4.79 Å². The molecule has 1 fully saturated rings. The molecule has 2 aliphatic heterocycles. The lowest BCUT2D eigenvalue weighted by Crippen LogP contribution is -2.24. The summed E-state index contributed by atoms with van der Waals surface area (Å²) in [5, 5.41) is 3.97. The molecule has 5 nitrogen and oxygen atoms in total. The fourth-order valence-electron chi connectivity index (χ4n) is 2.06. The third-order valence-corrected chi connectivity index (χ3v) is 2.98. The maximum atomic E-state index is 11.6. The zero-order valence-electron chi connectivity index (χ0n) is 9.25. The number of oxime groups is 1. The number of ether oxygens (including phenoxy) is 2. The van der Waals surface area contributed by atoms with E-state index in [2.05, 4.69) is 5.16 Å². The molecule has 0 spiro atoms. The van der Waals surface area contributed by atoms with Crippen LogP contribution in [0.25, 0.3) is 0 Å². The third-order valence-electron chi connectivity index (χ3n) is 2.98. The molecular formula is C12H11NO4. The molecule has 0 N–H and O–H groups in total. The molecule has 0 unspecified atom stereocenters. The van der Waals surface area contributed by atoms with Crippen molar-refractivity contribution in [3.05, 3.63) is 29.8 Å². The Morgan fingerprint density at radius 2 is 2.12 bits per heavy atom. The molecule has 2 aliphatic rings. The average Bonchev–Trinajstić information content (AvgIpc) is 2.93. The first-order chi connectivity index (χ1) is 8.29. The van der Waals surface area contributed by atoms with E-state index in [1.807, 2.05) is 24.3 Å². The van der Waals surface area contributed by atoms with Gasteiger partial charge in [0.2, 0.25) is 0 Å². The average molecular weight is 233 g/mol. The number of benzene rings is 1. The Hall–Kier alpha value is -2.04. The van der Waals surface area contributed by atoms with Gasteiger partial charge < -0.3 is 14.3 Å². The first kappa shape index (κ1) is 10.1. The summed E-state index contributed by atoms with van der Waals surface area (Å²) in [5.74, 6) is 0.115. The van der Waals surface area contributed by atoms with E-state index in [0.717, 1.165) is 11.3 Å². The number of hydrogen-bond acceptors (Lipinski definition) is 5. The lowest BCUT2D eigenvalue weighted by Gasteiger charge is -2.05. The van der Waals surface area contributed by atoms with Crippen molar-refractivity contribution < 1.29 is 19.1 Å². The van der Waals surface area contributed by atoms with Crippen molar-refractivity contribution in [2.45, 2.75) is 6.10 Å². The Bertz CT molecular complexity index is 480. The van der Waals surface area contributed by atoms with E-state index >= 15 is 0 Å². The largest absolute Gasteiger partial charge is 0.497 e. The molecule has 0 aromatic heterocycles. The lowest BCUT2D eigenvalue weighted by molar-refractivity contribution is -0.139. The second kappa shape index (κ2) is 3.76. The molecule has 2 heterocycles. The van der Waals surface area contributed by atoms with Gasteiger partial charge in [-0.1, -0.05) is 5.16 Å². The summed E-state index contributed by atoms with van der Waals surface area (Å²) >= 11 is 0. The number of hydrogen-bond donors (Lipinski definition) is 0. The standard InChI is InChI=1S/C12H11NO4/c1-15-8-4-2-7(3-5-8)11-10-9(17-13-11)6-16-12(10)14/h2-5,9-10H,6H2,1H3/t9-,10+/m0/s1. The second-order valence-electron chi connectivity index (χ2n) is 3.96. The number of esters is 1. The Labute approximate surface area is 98.0 Å². The van der Waals surface area contributed by atoms with Gasteiger partial charge in [-0.05, 0) is 24.3 Å². The van der Waals surface area contributed by atoms with Crippen LogP contribution >= 0.6 is 0 Å². The summed E-state index contributed by atoms with van der Waals surface area (Å²) in [6, 6.07) is 7.36. The third kappa shape index (κ3) is 1.54. The van der Waals surface area contributed by atoms with Crippen LogP contribution in [-0.4, -0.2) is 31.5 Å². The van der Waals surface area contributed by atoms with Crippen LogP contribution in [0, 0.1) is 5.92 Å². The smallest absolute Gasteiger partial charge is 0.319 e. The molecular weight excluding hydrogens is 222 g/mol. The first-order valence-electron chi connectivity index (χ1n) is 5.34. The van der Waals surface area contributed by atoms with E-state index in [1.54, 1.807) is 7.11 Å². The number of methoxy groups -OCH3 is 1. The molecule has 1 aromatic carbocycles. The highest BCUT2D eigenvalue weighted by molar-refractivity contribution is 6.13. The molecule has 0 saturated carbocycles. The predicted octanol–water partition coefficient (Wildman–Crippen LogP) is 0.971. The maximum Gasteiger partial charge on any atom is 0.319 e. The van der Waals surface area contributed by atoms with Gasteiger partial charge in [0.05, 0.1) is 7.11 Å². The maximum absolute atomic E-state index is 11.6. The summed E-state index contributed by atoms with van der Waals surface area (Å²) in [6.45, 7) is 0.284. The monoisotopic (exact) mass is 233 g/mol. The quantitative estimate of drug-likeness (QED) is 0.714. The molecule has 17 heavy (non-hydrogen) atoms. The summed E-state index contributed by atoms with van der Waals surface area (Å²) in [5.41, 5.74) is 1.50. The minimum Gasteiger partial charge on any atom is -0.497 e. The topological polar surface area (TPSA) is 57.1 Å². The number of carbonyl (C=O) groups is 1. The molecule has 3 rings (SSSR count). The highest BCUT2D eigenvalue weighted by Gasteiger charge is 2.47. The number of cyclic esters (lactones) is 1. The zero-order chi connectivity index (χ0) is 11.8. The molecule has 88 valence electrons. The number of rotatable bonds is 2. The molecule has 0 amide bonds. The van der Waals surface area contributed by atoms with Crippen LogP contribution in [0.15, 0.2) is 29.4 Å². The van der Waals surface area contributed by atoms with Crippen LogP contribution in [0.4, 0.5) is 0 Å². The Balaban J connectivity index is 1.91. The zero-order valence-corrected chi connectivity index (χ0v) is 9.25. The molecule has 5 heteroatoms. The van der Waals surface area contributed by atoms with E-state index in [9.17, 15) is 4.79 Å². The highest BCUT2D eigenvalue weighted by Crippen LogP contribution is 2.29. The normalized spacial score (nSPS) is 25.9. The number of carbonyl (C=O) groups excluding carboxylic acids is 1. The van der Waals surface area contributed by atoms with E-state index in [0.29, 0.717) is 5.71 Å². The summed E-state index contributed by atoms with van der Waals surface area (Å²) in [4.78, 5) is 16.7. The fraction of sp³-hybridized carbons (Fsp3) is 0.333. The molecule has 0 aliphatic carbocycles. The van der Waals surface area contributed by atoms with E-state index < -0.39 is 0 Å². The molecule has 0 bridgehead atoms. The van der Waals surface area contributed by atoms with Gasteiger partial charge in [-0.15, -0.1) is 0 Å². The van der Waals surface area contributed by atoms with Crippen molar-refractivity contribution >= 4 is 11.7 Å². The van der Waals surface area contributed by atoms with Crippen molar-refractivity contribution in [3.8, 4) is 5.75 Å². The molecule has 1 saturated heterocycles. The summed E-state index contributed by atoms with van der Waals surface area (Å²) < 4.78 is 10.0. The van der Waals surface area contributed by atoms with Gasteiger partial charge in [0, 0.05) is 5.56 Å². The SMILES string of the molecule is COc1ccc(C2=NO[C@H]3COC(=O)[C@@H]23)cc1. The van der Waals surface area contributed by atoms with Gasteiger partial charge >= 0.3 is 5.97 Å². The van der Waals surface area contributed by atoms with Crippen molar-refractivity contribution in [2.24, 2.45) is 11.1 Å². The van der Waals surface area contributed by atoms with Gasteiger partial charge in [-0.2, -0.15) is 0 Å². The van der Waals surface area contributed by atoms with Crippen LogP contribution < -0.4 is 4.74 Å². The van der Waals surface area contributed by atoms with Gasteiger partial charge in [-0.25, -0.2) is 0 Å². The highest BCUT2D eigenvalue weighted by atomic mass is 16.7. The van der Waals surface area contributed by atoms with Gasteiger partial charge in [0.25, 0.3) is 0 Å². The first-order valence-corrected chi connectivity index (χ1v) is 5.34. The number of fused-ring (bicyclic) bond motifs is 1. The Kier molecular flexibility index (Phi) is 2.24. The lowest BCUT2D eigenvalue weighted by atomic mass is 9.94. The molecule has 1 aromatic rings. The van der Waals surface area contributed by atoms with E-state index in [-0.39, 0.29) is 24.6 Å². The minimum absolute atomic E-state index is 0.262. The fourth-order valence-corrected chi connectivity index (χ4v) is 2.06. The van der Waals surface area contributed by atoms with Crippen molar-refractivity contribution in [3.63, 3.8) is 0 Å². The van der Waals surface area contributed by atoms with Crippen LogP contribution in [0.5, 0.6) is 5.75 Å². The molecule has 2 atom stereocenters. The van der Waals surface area contributed by atoms with E-state index in [4.69, 9.17) is 14.3 Å². The predicted molar refractivity (Wildman–Crippen MR) is 58.9 cm³/mol. The van der Waals surface area contributed by atoms with Crippen LogP contribution in [-0.2, 0) is 14.4 Å². The number of nitrogens with zero attached hydrogens (tertiary/aromatic N) is 1.